The summed E-state index contributed by atoms with van der Waals surface area (Å²) < 4.78 is 38.9. The Morgan fingerprint density at radius 1 is 1.21 bits per heavy atom. The van der Waals surface area contributed by atoms with Gasteiger partial charge in [0.15, 0.2) is 0 Å². The number of rotatable bonds is 4. The summed E-state index contributed by atoms with van der Waals surface area (Å²) in [5.41, 5.74) is 0.396. The summed E-state index contributed by atoms with van der Waals surface area (Å²) in [6, 6.07) is 8.59. The molecule has 0 aliphatic heterocycles. The van der Waals surface area contributed by atoms with Crippen LogP contribution in [0, 0.1) is 11.3 Å². The van der Waals surface area contributed by atoms with E-state index in [0.717, 1.165) is 0 Å². The van der Waals surface area contributed by atoms with E-state index in [1.165, 1.54) is 36.5 Å². The molecule has 0 bridgehead atoms. The normalized spacial score (nSPS) is 14.0. The van der Waals surface area contributed by atoms with Crippen LogP contribution in [0.3, 0.4) is 0 Å². The smallest absolute Gasteiger partial charge is 0.388 e. The molecular weight excluding hydrogens is 364 g/mol. The van der Waals surface area contributed by atoms with Crippen LogP contribution in [0.5, 0.6) is 0 Å². The van der Waals surface area contributed by atoms with Crippen LogP contribution in [-0.4, -0.2) is 16.3 Å². The van der Waals surface area contributed by atoms with E-state index < -0.39 is 24.6 Å². The molecule has 3 nitrogen and oxygen atoms in total. The van der Waals surface area contributed by atoms with Crippen molar-refractivity contribution >= 4 is 23.2 Å². The average Bonchev–Trinajstić information content (AvgIpc) is 2.51. The highest BCUT2D eigenvalue weighted by Gasteiger charge is 2.37. The molecule has 0 saturated heterocycles. The number of aliphatic hydroxyl groups is 1. The molecule has 1 N–H and O–H groups in total. The van der Waals surface area contributed by atoms with Crippen LogP contribution in [0.25, 0.3) is 0 Å². The standard InChI is InChI=1S/C16H11Cl2F3N2O/c17-10-2-4-12(14(18)5-10)13(6-16(19,20)21)15(24)9-1-3-11(7-22)23-8-9/h1-5,8,13,15,24H,6H2. The first-order valence-electron chi connectivity index (χ1n) is 6.77. The van der Waals surface area contributed by atoms with Gasteiger partial charge in [-0.15, -0.1) is 0 Å². The molecule has 24 heavy (non-hydrogen) atoms. The monoisotopic (exact) mass is 374 g/mol. The van der Waals surface area contributed by atoms with Gasteiger partial charge in [-0.3, -0.25) is 0 Å². The number of nitriles is 1. The van der Waals surface area contributed by atoms with Gasteiger partial charge in [-0.1, -0.05) is 35.3 Å². The van der Waals surface area contributed by atoms with Crippen molar-refractivity contribution in [3.05, 3.63) is 63.4 Å². The number of benzene rings is 1. The predicted molar refractivity (Wildman–Crippen MR) is 83.8 cm³/mol. The van der Waals surface area contributed by atoms with Crippen molar-refractivity contribution in [3.63, 3.8) is 0 Å². The number of aliphatic hydroxyl groups excluding tert-OH is 1. The number of hydrogen-bond donors (Lipinski definition) is 1. The highest BCUT2D eigenvalue weighted by molar-refractivity contribution is 6.35. The number of hydrogen-bond acceptors (Lipinski definition) is 3. The van der Waals surface area contributed by atoms with Crippen LogP contribution in [0.4, 0.5) is 13.2 Å². The maximum absolute atomic E-state index is 13.0. The first-order chi connectivity index (χ1) is 11.2. The summed E-state index contributed by atoms with van der Waals surface area (Å²) in [4.78, 5) is 3.77. The predicted octanol–water partition coefficient (Wildman–Crippen LogP) is 5.03. The summed E-state index contributed by atoms with van der Waals surface area (Å²) in [6.45, 7) is 0. The molecule has 2 unspecified atom stereocenters. The molecule has 1 aromatic heterocycles. The van der Waals surface area contributed by atoms with Crippen molar-refractivity contribution in [1.82, 2.24) is 4.98 Å². The zero-order valence-corrected chi connectivity index (χ0v) is 13.6. The molecule has 1 aromatic carbocycles. The molecule has 2 aromatic rings. The molecule has 126 valence electrons. The third kappa shape index (κ3) is 4.60. The van der Waals surface area contributed by atoms with Crippen molar-refractivity contribution in [2.45, 2.75) is 24.6 Å². The van der Waals surface area contributed by atoms with Crippen molar-refractivity contribution in [1.29, 1.82) is 5.26 Å². The van der Waals surface area contributed by atoms with E-state index in [1.807, 2.05) is 0 Å². The fourth-order valence-corrected chi connectivity index (χ4v) is 2.87. The number of alkyl halides is 3. The maximum Gasteiger partial charge on any atom is 0.389 e. The lowest BCUT2D eigenvalue weighted by Crippen LogP contribution is -2.20. The Morgan fingerprint density at radius 3 is 2.42 bits per heavy atom. The largest absolute Gasteiger partial charge is 0.389 e. The first kappa shape index (κ1) is 18.5. The SMILES string of the molecule is N#Cc1ccc(C(O)C(CC(F)(F)F)c2ccc(Cl)cc2Cl)cn1. The second kappa shape index (κ2) is 7.39. The van der Waals surface area contributed by atoms with Gasteiger partial charge < -0.3 is 5.11 Å². The maximum atomic E-state index is 13.0. The van der Waals surface area contributed by atoms with Gasteiger partial charge in [0.2, 0.25) is 0 Å². The van der Waals surface area contributed by atoms with E-state index in [9.17, 15) is 18.3 Å². The van der Waals surface area contributed by atoms with E-state index in [0.29, 0.717) is 0 Å². The molecule has 0 spiro atoms. The molecular formula is C16H11Cl2F3N2O. The Bertz CT molecular complexity index is 757. The van der Waals surface area contributed by atoms with E-state index in [1.54, 1.807) is 6.07 Å². The van der Waals surface area contributed by atoms with Gasteiger partial charge in [-0.05, 0) is 29.3 Å². The summed E-state index contributed by atoms with van der Waals surface area (Å²) in [7, 11) is 0. The summed E-state index contributed by atoms with van der Waals surface area (Å²) >= 11 is 11.8. The highest BCUT2D eigenvalue weighted by atomic mass is 35.5. The second-order valence-electron chi connectivity index (χ2n) is 5.13. The summed E-state index contributed by atoms with van der Waals surface area (Å²) in [5, 5.41) is 19.5. The fraction of sp³-hybridized carbons (Fsp3) is 0.250. The van der Waals surface area contributed by atoms with Crippen LogP contribution < -0.4 is 0 Å². The quantitative estimate of drug-likeness (QED) is 0.816. The minimum absolute atomic E-state index is 0.0393. The molecule has 0 aliphatic carbocycles. The Hall–Kier alpha value is -1.81. The molecule has 2 rings (SSSR count). The van der Waals surface area contributed by atoms with E-state index in [4.69, 9.17) is 28.5 Å². The first-order valence-corrected chi connectivity index (χ1v) is 7.52. The molecule has 0 fully saturated rings. The van der Waals surface area contributed by atoms with Gasteiger partial charge in [0.05, 0.1) is 12.5 Å². The van der Waals surface area contributed by atoms with Crippen LogP contribution in [0.15, 0.2) is 36.5 Å². The van der Waals surface area contributed by atoms with Crippen molar-refractivity contribution < 1.29 is 18.3 Å². The van der Waals surface area contributed by atoms with E-state index in [2.05, 4.69) is 4.98 Å². The van der Waals surface area contributed by atoms with Gasteiger partial charge in [0.25, 0.3) is 0 Å². The molecule has 8 heteroatoms. The topological polar surface area (TPSA) is 56.9 Å². The van der Waals surface area contributed by atoms with Gasteiger partial charge in [0.1, 0.15) is 11.8 Å². The molecule has 1 heterocycles. The van der Waals surface area contributed by atoms with Gasteiger partial charge >= 0.3 is 6.18 Å². The third-order valence-electron chi connectivity index (χ3n) is 3.44. The lowest BCUT2D eigenvalue weighted by atomic mass is 9.87. The molecule has 0 saturated carbocycles. The lowest BCUT2D eigenvalue weighted by molar-refractivity contribution is -0.145. The molecule has 0 amide bonds. The number of aromatic nitrogens is 1. The van der Waals surface area contributed by atoms with Crippen LogP contribution >= 0.6 is 23.2 Å². The lowest BCUT2D eigenvalue weighted by Gasteiger charge is -2.25. The Balaban J connectivity index is 2.43. The number of pyridine rings is 1. The zero-order chi connectivity index (χ0) is 17.9. The Morgan fingerprint density at radius 2 is 1.92 bits per heavy atom. The third-order valence-corrected chi connectivity index (χ3v) is 4.00. The van der Waals surface area contributed by atoms with E-state index >= 15 is 0 Å². The molecule has 2 atom stereocenters. The zero-order valence-electron chi connectivity index (χ0n) is 12.1. The number of nitrogens with zero attached hydrogens (tertiary/aromatic N) is 2. The summed E-state index contributed by atoms with van der Waals surface area (Å²) in [6.07, 6.45) is -6.09. The van der Waals surface area contributed by atoms with E-state index in [-0.39, 0.29) is 26.9 Å². The van der Waals surface area contributed by atoms with Crippen LogP contribution in [-0.2, 0) is 0 Å². The molecule has 0 radical (unpaired) electrons. The van der Waals surface area contributed by atoms with Gasteiger partial charge in [-0.25, -0.2) is 4.98 Å². The highest BCUT2D eigenvalue weighted by Crippen LogP contribution is 2.42. The Labute approximate surface area is 146 Å². The molecule has 0 aliphatic rings. The van der Waals surface area contributed by atoms with Crippen molar-refractivity contribution in [2.75, 3.05) is 0 Å². The van der Waals surface area contributed by atoms with Crippen molar-refractivity contribution in [3.8, 4) is 6.07 Å². The number of halogens is 5. The van der Waals surface area contributed by atoms with Crippen LogP contribution in [0.1, 0.15) is 35.3 Å². The fourth-order valence-electron chi connectivity index (χ4n) is 2.32. The second-order valence-corrected chi connectivity index (χ2v) is 5.97. The average molecular weight is 375 g/mol. The summed E-state index contributed by atoms with van der Waals surface area (Å²) in [5.74, 6) is -1.33. The Kier molecular flexibility index (Phi) is 5.70. The van der Waals surface area contributed by atoms with Crippen molar-refractivity contribution in [2.24, 2.45) is 0 Å². The van der Waals surface area contributed by atoms with Crippen LogP contribution in [0.2, 0.25) is 10.0 Å². The van der Waals surface area contributed by atoms with Gasteiger partial charge in [-0.2, -0.15) is 18.4 Å². The van der Waals surface area contributed by atoms with Gasteiger partial charge in [0, 0.05) is 22.2 Å². The minimum atomic E-state index is -4.51. The minimum Gasteiger partial charge on any atom is -0.388 e.